The molecule has 1 aromatic carbocycles. The standard InChI is InChI=1S/C11H16FN3O3S/c1-15(5-6-19(2,17)18)10-4-3-8(12)7-9(10)11(13)14-16/h3-4,7,16H,5-6H2,1-2H3,(H2,13,14). The van der Waals surface area contributed by atoms with E-state index in [2.05, 4.69) is 5.16 Å². The lowest BCUT2D eigenvalue weighted by Gasteiger charge is -2.21. The van der Waals surface area contributed by atoms with Gasteiger partial charge in [0, 0.05) is 31.1 Å². The van der Waals surface area contributed by atoms with Crippen molar-refractivity contribution >= 4 is 21.4 Å². The van der Waals surface area contributed by atoms with Gasteiger partial charge in [-0.1, -0.05) is 5.16 Å². The lowest BCUT2D eigenvalue weighted by molar-refractivity contribution is 0.318. The minimum Gasteiger partial charge on any atom is -0.409 e. The Labute approximate surface area is 111 Å². The summed E-state index contributed by atoms with van der Waals surface area (Å²) < 4.78 is 35.4. The van der Waals surface area contributed by atoms with Crippen LogP contribution in [0.2, 0.25) is 0 Å². The van der Waals surface area contributed by atoms with Crippen LogP contribution in [0.15, 0.2) is 23.4 Å². The van der Waals surface area contributed by atoms with Crippen molar-refractivity contribution in [2.24, 2.45) is 10.9 Å². The van der Waals surface area contributed by atoms with Gasteiger partial charge in [0.05, 0.1) is 5.75 Å². The van der Waals surface area contributed by atoms with Crippen molar-refractivity contribution in [1.82, 2.24) is 0 Å². The molecule has 0 aliphatic carbocycles. The van der Waals surface area contributed by atoms with Crippen molar-refractivity contribution in [2.45, 2.75) is 0 Å². The number of nitrogens with two attached hydrogens (primary N) is 1. The Morgan fingerprint density at radius 2 is 2.16 bits per heavy atom. The highest BCUT2D eigenvalue weighted by molar-refractivity contribution is 7.90. The molecule has 6 nitrogen and oxygen atoms in total. The second-order valence-electron chi connectivity index (χ2n) is 4.20. The van der Waals surface area contributed by atoms with Gasteiger partial charge >= 0.3 is 0 Å². The normalized spacial score (nSPS) is 12.5. The van der Waals surface area contributed by atoms with Crippen molar-refractivity contribution < 1.29 is 18.0 Å². The Bertz CT molecular complexity index is 587. The molecular formula is C11H16FN3O3S. The fourth-order valence-electron chi connectivity index (χ4n) is 1.52. The Morgan fingerprint density at radius 3 is 2.68 bits per heavy atom. The van der Waals surface area contributed by atoms with Gasteiger partial charge in [0.1, 0.15) is 15.7 Å². The minimum absolute atomic E-state index is 0.0451. The molecule has 0 radical (unpaired) electrons. The number of hydrogen-bond donors (Lipinski definition) is 2. The van der Waals surface area contributed by atoms with E-state index in [9.17, 15) is 12.8 Å². The first-order valence-electron chi connectivity index (χ1n) is 5.41. The molecule has 3 N–H and O–H groups in total. The zero-order valence-electron chi connectivity index (χ0n) is 10.7. The zero-order valence-corrected chi connectivity index (χ0v) is 11.5. The van der Waals surface area contributed by atoms with E-state index < -0.39 is 15.7 Å². The molecular weight excluding hydrogens is 273 g/mol. The molecule has 0 saturated carbocycles. The second kappa shape index (κ2) is 5.87. The van der Waals surface area contributed by atoms with Crippen molar-refractivity contribution in [1.29, 1.82) is 0 Å². The van der Waals surface area contributed by atoms with E-state index in [1.54, 1.807) is 11.9 Å². The number of halogens is 1. The molecule has 0 unspecified atom stereocenters. The third kappa shape index (κ3) is 4.40. The number of rotatable bonds is 5. The van der Waals surface area contributed by atoms with Gasteiger partial charge in [-0.3, -0.25) is 0 Å². The van der Waals surface area contributed by atoms with Gasteiger partial charge in [-0.05, 0) is 18.2 Å². The quantitative estimate of drug-likeness (QED) is 0.354. The van der Waals surface area contributed by atoms with Gasteiger partial charge in [0.2, 0.25) is 0 Å². The van der Waals surface area contributed by atoms with E-state index in [-0.39, 0.29) is 23.7 Å². The number of anilines is 1. The molecule has 0 atom stereocenters. The van der Waals surface area contributed by atoms with E-state index in [0.717, 1.165) is 12.3 Å². The van der Waals surface area contributed by atoms with Crippen LogP contribution in [0, 0.1) is 5.82 Å². The number of sulfone groups is 1. The topological polar surface area (TPSA) is 96.0 Å². The molecule has 0 aliphatic rings. The van der Waals surface area contributed by atoms with Crippen LogP contribution in [0.3, 0.4) is 0 Å². The molecule has 0 saturated heterocycles. The van der Waals surface area contributed by atoms with Gasteiger partial charge in [-0.2, -0.15) is 0 Å². The van der Waals surface area contributed by atoms with Crippen molar-refractivity contribution in [3.05, 3.63) is 29.6 Å². The van der Waals surface area contributed by atoms with Gasteiger partial charge in [-0.15, -0.1) is 0 Å². The van der Waals surface area contributed by atoms with E-state index in [4.69, 9.17) is 10.9 Å². The maximum Gasteiger partial charge on any atom is 0.172 e. The fraction of sp³-hybridized carbons (Fsp3) is 0.364. The zero-order chi connectivity index (χ0) is 14.6. The molecule has 0 aromatic heterocycles. The summed E-state index contributed by atoms with van der Waals surface area (Å²) in [6, 6.07) is 3.80. The van der Waals surface area contributed by atoms with Crippen LogP contribution >= 0.6 is 0 Å². The molecule has 0 aliphatic heterocycles. The van der Waals surface area contributed by atoms with E-state index in [0.29, 0.717) is 5.69 Å². The van der Waals surface area contributed by atoms with Gasteiger partial charge in [0.15, 0.2) is 5.84 Å². The highest BCUT2D eigenvalue weighted by Gasteiger charge is 2.14. The lowest BCUT2D eigenvalue weighted by Crippen LogP contribution is -2.27. The summed E-state index contributed by atoms with van der Waals surface area (Å²) in [7, 11) is -1.46. The maximum absolute atomic E-state index is 13.2. The number of benzene rings is 1. The average molecular weight is 289 g/mol. The summed E-state index contributed by atoms with van der Waals surface area (Å²) in [6.45, 7) is 0.218. The summed E-state index contributed by atoms with van der Waals surface area (Å²) in [5.41, 5.74) is 6.17. The molecule has 1 rings (SSSR count). The first kappa shape index (κ1) is 15.2. The largest absolute Gasteiger partial charge is 0.409 e. The monoisotopic (exact) mass is 289 g/mol. The number of amidine groups is 1. The molecule has 0 spiro atoms. The van der Waals surface area contributed by atoms with Crippen LogP contribution in [0.5, 0.6) is 0 Å². The van der Waals surface area contributed by atoms with Gasteiger partial charge < -0.3 is 15.8 Å². The predicted molar refractivity (Wildman–Crippen MR) is 71.9 cm³/mol. The first-order chi connectivity index (χ1) is 8.74. The Morgan fingerprint density at radius 1 is 1.53 bits per heavy atom. The summed E-state index contributed by atoms with van der Waals surface area (Å²) >= 11 is 0. The molecule has 19 heavy (non-hydrogen) atoms. The van der Waals surface area contributed by atoms with E-state index in [1.165, 1.54) is 12.1 Å². The molecule has 0 fully saturated rings. The molecule has 1 aromatic rings. The summed E-state index contributed by atoms with van der Waals surface area (Å²) in [6.07, 6.45) is 1.13. The summed E-state index contributed by atoms with van der Waals surface area (Å²) in [5.74, 6) is -0.807. The molecule has 0 amide bonds. The third-order valence-electron chi connectivity index (χ3n) is 2.55. The SMILES string of the molecule is CN(CCS(C)(=O)=O)c1ccc(F)cc1C(N)=NO. The summed E-state index contributed by atoms with van der Waals surface area (Å²) in [5, 5.41) is 11.5. The number of oxime groups is 1. The predicted octanol–water partition coefficient (Wildman–Crippen LogP) is 0.401. The summed E-state index contributed by atoms with van der Waals surface area (Å²) in [4.78, 5) is 1.61. The average Bonchev–Trinajstić information content (AvgIpc) is 2.34. The lowest BCUT2D eigenvalue weighted by atomic mass is 10.1. The second-order valence-corrected chi connectivity index (χ2v) is 6.46. The van der Waals surface area contributed by atoms with Gasteiger partial charge in [0.25, 0.3) is 0 Å². The highest BCUT2D eigenvalue weighted by atomic mass is 32.2. The Balaban J connectivity index is 3.06. The molecule has 0 heterocycles. The van der Waals surface area contributed by atoms with E-state index >= 15 is 0 Å². The molecule has 0 bridgehead atoms. The number of nitrogens with zero attached hydrogens (tertiary/aromatic N) is 2. The maximum atomic E-state index is 13.2. The van der Waals surface area contributed by atoms with Crippen LogP contribution in [0.1, 0.15) is 5.56 Å². The smallest absolute Gasteiger partial charge is 0.172 e. The van der Waals surface area contributed by atoms with Crippen molar-refractivity contribution in [3.63, 3.8) is 0 Å². The Hall–Kier alpha value is -1.83. The third-order valence-corrected chi connectivity index (χ3v) is 3.48. The first-order valence-corrected chi connectivity index (χ1v) is 7.47. The number of hydrogen-bond acceptors (Lipinski definition) is 5. The van der Waals surface area contributed by atoms with E-state index in [1.807, 2.05) is 0 Å². The minimum atomic E-state index is -3.10. The Kier molecular flexibility index (Phi) is 4.71. The van der Waals surface area contributed by atoms with Crippen molar-refractivity contribution in [3.8, 4) is 0 Å². The van der Waals surface area contributed by atoms with Gasteiger partial charge in [-0.25, -0.2) is 12.8 Å². The fourth-order valence-corrected chi connectivity index (χ4v) is 2.13. The van der Waals surface area contributed by atoms with Crippen LogP contribution in [-0.2, 0) is 9.84 Å². The van der Waals surface area contributed by atoms with Crippen LogP contribution in [0.25, 0.3) is 0 Å². The van der Waals surface area contributed by atoms with Crippen molar-refractivity contribution in [2.75, 3.05) is 30.5 Å². The molecule has 8 heteroatoms. The highest BCUT2D eigenvalue weighted by Crippen LogP contribution is 2.20. The van der Waals surface area contributed by atoms with Crippen LogP contribution < -0.4 is 10.6 Å². The van der Waals surface area contributed by atoms with Crippen LogP contribution in [-0.4, -0.2) is 45.1 Å². The van der Waals surface area contributed by atoms with Crippen LogP contribution in [0.4, 0.5) is 10.1 Å². The molecule has 106 valence electrons.